The van der Waals surface area contributed by atoms with Crippen molar-refractivity contribution in [1.29, 1.82) is 0 Å². The molecular weight excluding hydrogens is 310 g/mol. The quantitative estimate of drug-likeness (QED) is 0.687. The summed E-state index contributed by atoms with van der Waals surface area (Å²) in [6, 6.07) is 17.7. The normalized spacial score (nSPS) is 19.6. The molecule has 0 aromatic heterocycles. The molecule has 2 aromatic rings. The highest BCUT2D eigenvalue weighted by Gasteiger charge is 2.34. The van der Waals surface area contributed by atoms with Crippen LogP contribution in [0.4, 0.5) is 11.4 Å². The minimum absolute atomic E-state index is 0.429. The smallest absolute Gasteiger partial charge is 0.0632 e. The van der Waals surface area contributed by atoms with E-state index in [1.54, 1.807) is 0 Å². The Bertz CT molecular complexity index is 712. The van der Waals surface area contributed by atoms with Crippen molar-refractivity contribution in [2.45, 2.75) is 12.5 Å². The maximum atomic E-state index is 3.51. The fourth-order valence-electron chi connectivity index (χ4n) is 3.15. The molecule has 2 aromatic carbocycles. The van der Waals surface area contributed by atoms with Crippen molar-refractivity contribution < 1.29 is 0 Å². The van der Waals surface area contributed by atoms with E-state index in [4.69, 9.17) is 0 Å². The Balaban J connectivity index is 1.89. The second kappa shape index (κ2) is 4.64. The Kier molecular flexibility index (Phi) is 2.78. The van der Waals surface area contributed by atoms with Gasteiger partial charge in [0, 0.05) is 21.4 Å². The molecule has 0 fully saturated rings. The molecule has 0 saturated heterocycles. The summed E-state index contributed by atoms with van der Waals surface area (Å²) in [5, 5.41) is 0. The van der Waals surface area contributed by atoms with E-state index >= 15 is 0 Å². The maximum Gasteiger partial charge on any atom is 0.0632 e. The molecule has 2 heteroatoms. The van der Waals surface area contributed by atoms with Crippen LogP contribution in [0.15, 0.2) is 71.2 Å². The third-order valence-corrected chi connectivity index (χ3v) is 4.55. The average molecular weight is 324 g/mol. The predicted molar refractivity (Wildman–Crippen MR) is 88.2 cm³/mol. The average Bonchev–Trinajstić information content (AvgIpc) is 2.83. The van der Waals surface area contributed by atoms with Gasteiger partial charge >= 0.3 is 0 Å². The summed E-state index contributed by atoms with van der Waals surface area (Å²) < 4.78 is 1.12. The first-order chi connectivity index (χ1) is 9.84. The van der Waals surface area contributed by atoms with Gasteiger partial charge in [-0.05, 0) is 42.3 Å². The van der Waals surface area contributed by atoms with E-state index in [1.807, 2.05) is 0 Å². The largest absolute Gasteiger partial charge is 0.333 e. The van der Waals surface area contributed by atoms with Crippen LogP contribution in [0, 0.1) is 0 Å². The molecular formula is C18H14BrN. The summed E-state index contributed by atoms with van der Waals surface area (Å²) >= 11 is 3.51. The van der Waals surface area contributed by atoms with Crippen molar-refractivity contribution in [3.8, 4) is 0 Å². The van der Waals surface area contributed by atoms with E-state index in [2.05, 4.69) is 87.6 Å². The van der Waals surface area contributed by atoms with Gasteiger partial charge < -0.3 is 4.90 Å². The fourth-order valence-corrected chi connectivity index (χ4v) is 3.41. The molecule has 0 spiro atoms. The lowest BCUT2D eigenvalue weighted by atomic mass is 9.96. The molecule has 1 aliphatic carbocycles. The van der Waals surface area contributed by atoms with Crippen LogP contribution in [-0.4, -0.2) is 6.04 Å². The van der Waals surface area contributed by atoms with Crippen LogP contribution in [0.2, 0.25) is 0 Å². The van der Waals surface area contributed by atoms with Crippen LogP contribution >= 0.6 is 15.9 Å². The second-order valence-corrected chi connectivity index (χ2v) is 6.08. The summed E-state index contributed by atoms with van der Waals surface area (Å²) in [6.07, 6.45) is 7.75. The third kappa shape index (κ3) is 1.75. The zero-order valence-electron chi connectivity index (χ0n) is 11.0. The number of hydrogen-bond donors (Lipinski definition) is 0. The first-order valence-corrected chi connectivity index (χ1v) is 7.65. The molecule has 0 saturated carbocycles. The lowest BCUT2D eigenvalue weighted by molar-refractivity contribution is 0.829. The molecule has 1 nitrogen and oxygen atoms in total. The third-order valence-electron chi connectivity index (χ3n) is 4.02. The molecule has 98 valence electrons. The summed E-state index contributed by atoms with van der Waals surface area (Å²) in [6.45, 7) is 0. The van der Waals surface area contributed by atoms with Gasteiger partial charge in [0.1, 0.15) is 0 Å². The standard InChI is InChI=1S/C18H14BrN/c19-13-9-11-14(12-10-13)20-17-7-3-1-5-15(17)16-6-2-4-8-18(16)20/h1-7,9-12,18H,8H2. The number of fused-ring (bicyclic) bond motifs is 3. The number of allylic oxidation sites excluding steroid dienone is 2. The van der Waals surface area contributed by atoms with Gasteiger partial charge in [0.05, 0.1) is 6.04 Å². The summed E-state index contributed by atoms with van der Waals surface area (Å²) in [7, 11) is 0. The zero-order valence-corrected chi connectivity index (χ0v) is 12.5. The van der Waals surface area contributed by atoms with Gasteiger partial charge in [-0.25, -0.2) is 0 Å². The molecule has 1 heterocycles. The molecule has 4 rings (SSSR count). The van der Waals surface area contributed by atoms with Gasteiger partial charge in [0.2, 0.25) is 0 Å². The van der Waals surface area contributed by atoms with Gasteiger partial charge in [0.25, 0.3) is 0 Å². The molecule has 0 bridgehead atoms. The van der Waals surface area contributed by atoms with Crippen molar-refractivity contribution in [3.63, 3.8) is 0 Å². The lowest BCUT2D eigenvalue weighted by Crippen LogP contribution is -2.26. The van der Waals surface area contributed by atoms with Crippen LogP contribution in [0.5, 0.6) is 0 Å². The number of para-hydroxylation sites is 1. The number of benzene rings is 2. The van der Waals surface area contributed by atoms with Crippen molar-refractivity contribution in [2.75, 3.05) is 4.90 Å². The van der Waals surface area contributed by atoms with Crippen LogP contribution in [0.25, 0.3) is 5.57 Å². The highest BCUT2D eigenvalue weighted by atomic mass is 79.9. The first-order valence-electron chi connectivity index (χ1n) is 6.85. The first kappa shape index (κ1) is 12.0. The van der Waals surface area contributed by atoms with Gasteiger partial charge in [-0.3, -0.25) is 0 Å². The van der Waals surface area contributed by atoms with Crippen LogP contribution in [-0.2, 0) is 0 Å². The van der Waals surface area contributed by atoms with Gasteiger partial charge in [-0.15, -0.1) is 0 Å². The van der Waals surface area contributed by atoms with E-state index in [0.717, 1.165) is 10.9 Å². The van der Waals surface area contributed by atoms with Crippen molar-refractivity contribution in [3.05, 3.63) is 76.8 Å². The van der Waals surface area contributed by atoms with Gasteiger partial charge in [0.15, 0.2) is 0 Å². The lowest BCUT2D eigenvalue weighted by Gasteiger charge is -2.28. The van der Waals surface area contributed by atoms with E-state index in [0.29, 0.717) is 6.04 Å². The monoisotopic (exact) mass is 323 g/mol. The molecule has 1 atom stereocenters. The van der Waals surface area contributed by atoms with Gasteiger partial charge in [-0.2, -0.15) is 0 Å². The molecule has 0 N–H and O–H groups in total. The Morgan fingerprint density at radius 3 is 2.65 bits per heavy atom. The SMILES string of the molecule is Brc1ccc(N2c3ccccc3C3=CC=CCC32)cc1. The fraction of sp³-hybridized carbons (Fsp3) is 0.111. The van der Waals surface area contributed by atoms with E-state index < -0.39 is 0 Å². The van der Waals surface area contributed by atoms with E-state index in [1.165, 1.54) is 22.5 Å². The number of rotatable bonds is 1. The maximum absolute atomic E-state index is 3.51. The Morgan fingerprint density at radius 1 is 1.00 bits per heavy atom. The van der Waals surface area contributed by atoms with Gasteiger partial charge in [-0.1, -0.05) is 52.4 Å². The highest BCUT2D eigenvalue weighted by Crippen LogP contribution is 2.47. The number of halogens is 1. The Labute approximate surface area is 127 Å². The van der Waals surface area contributed by atoms with Crippen molar-refractivity contribution in [1.82, 2.24) is 0 Å². The van der Waals surface area contributed by atoms with Crippen LogP contribution in [0.1, 0.15) is 12.0 Å². The summed E-state index contributed by atoms with van der Waals surface area (Å²) in [5.74, 6) is 0. The Hall–Kier alpha value is -1.80. The van der Waals surface area contributed by atoms with Crippen molar-refractivity contribution in [2.24, 2.45) is 0 Å². The minimum atomic E-state index is 0.429. The highest BCUT2D eigenvalue weighted by molar-refractivity contribution is 9.10. The Morgan fingerprint density at radius 2 is 1.80 bits per heavy atom. The summed E-state index contributed by atoms with van der Waals surface area (Å²) in [5.41, 5.74) is 5.37. The molecule has 1 unspecified atom stereocenters. The van der Waals surface area contributed by atoms with Crippen molar-refractivity contribution >= 4 is 32.9 Å². The molecule has 2 aliphatic rings. The molecule has 1 aliphatic heterocycles. The topological polar surface area (TPSA) is 3.24 Å². The predicted octanol–water partition coefficient (Wildman–Crippen LogP) is 5.31. The minimum Gasteiger partial charge on any atom is -0.333 e. The zero-order chi connectivity index (χ0) is 13.5. The van der Waals surface area contributed by atoms with E-state index in [9.17, 15) is 0 Å². The number of hydrogen-bond acceptors (Lipinski definition) is 1. The summed E-state index contributed by atoms with van der Waals surface area (Å²) in [4.78, 5) is 2.46. The molecule has 0 radical (unpaired) electrons. The van der Waals surface area contributed by atoms with Crippen LogP contribution < -0.4 is 4.90 Å². The number of anilines is 2. The van der Waals surface area contributed by atoms with Crippen LogP contribution in [0.3, 0.4) is 0 Å². The number of nitrogens with zero attached hydrogens (tertiary/aromatic N) is 1. The molecule has 0 amide bonds. The molecule has 20 heavy (non-hydrogen) atoms. The van der Waals surface area contributed by atoms with E-state index in [-0.39, 0.29) is 0 Å². The second-order valence-electron chi connectivity index (χ2n) is 5.17.